The summed E-state index contributed by atoms with van der Waals surface area (Å²) < 4.78 is 5.90. The molecule has 6 heteroatoms. The van der Waals surface area contributed by atoms with Gasteiger partial charge >= 0.3 is 5.97 Å². The van der Waals surface area contributed by atoms with Gasteiger partial charge in [0.1, 0.15) is 6.10 Å². The van der Waals surface area contributed by atoms with Gasteiger partial charge in [-0.1, -0.05) is 223 Å². The standard InChI is InChI=1S/C53H95NO5/c1-4-7-10-13-16-19-22-24-25-26-27-29-31-34-37-40-43-46-53(58)59-49(44-41-38-35-32-30-28-23-20-17-14-11-8-5-2)47-52(57)54-50(48-55)51(56)45-42-39-36-33-21-18-15-12-9-6-3/h7,10,16,19,24-25,27,29,34,37,49-51,55-56H,4-6,8-9,11-15,17-18,20-23,26,28,30-33,35-36,38-48H2,1-3H3,(H,54,57)/b10-7-,19-16-,25-24-,29-27-,37-34-. The van der Waals surface area contributed by atoms with Crippen molar-refractivity contribution in [2.45, 2.75) is 257 Å². The van der Waals surface area contributed by atoms with Crippen LogP contribution in [0.3, 0.4) is 0 Å². The summed E-state index contributed by atoms with van der Waals surface area (Å²) in [6.45, 7) is 6.34. The van der Waals surface area contributed by atoms with Crippen molar-refractivity contribution in [2.75, 3.05) is 6.61 Å². The summed E-state index contributed by atoms with van der Waals surface area (Å²) >= 11 is 0. The van der Waals surface area contributed by atoms with Crippen LogP contribution in [0.15, 0.2) is 60.8 Å². The first-order chi connectivity index (χ1) is 29.0. The number of rotatable bonds is 44. The van der Waals surface area contributed by atoms with E-state index in [0.717, 1.165) is 77.0 Å². The van der Waals surface area contributed by atoms with Crippen LogP contribution in [0.5, 0.6) is 0 Å². The Morgan fingerprint density at radius 1 is 0.508 bits per heavy atom. The third-order valence-electron chi connectivity index (χ3n) is 11.1. The lowest BCUT2D eigenvalue weighted by Gasteiger charge is -2.24. The third kappa shape index (κ3) is 42.1. The molecule has 0 radical (unpaired) electrons. The molecule has 1 amide bonds. The van der Waals surface area contributed by atoms with Crippen LogP contribution in [0, 0.1) is 0 Å². The van der Waals surface area contributed by atoms with Crippen molar-refractivity contribution in [3.05, 3.63) is 60.8 Å². The number of carbonyl (C=O) groups excluding carboxylic acids is 2. The van der Waals surface area contributed by atoms with Crippen molar-refractivity contribution in [1.82, 2.24) is 5.32 Å². The van der Waals surface area contributed by atoms with E-state index in [1.54, 1.807) is 0 Å². The summed E-state index contributed by atoms with van der Waals surface area (Å²) in [6, 6.07) is -0.711. The maximum Gasteiger partial charge on any atom is 0.306 e. The van der Waals surface area contributed by atoms with E-state index in [-0.39, 0.29) is 24.9 Å². The Morgan fingerprint density at radius 3 is 1.32 bits per heavy atom. The van der Waals surface area contributed by atoms with Crippen LogP contribution in [-0.2, 0) is 14.3 Å². The number of hydrogen-bond acceptors (Lipinski definition) is 5. The molecular formula is C53H95NO5. The average molecular weight is 826 g/mol. The molecule has 0 saturated carbocycles. The Hall–Kier alpha value is -2.44. The zero-order valence-electron chi connectivity index (χ0n) is 38.9. The molecule has 0 rings (SSSR count). The second-order valence-corrected chi connectivity index (χ2v) is 16.8. The SMILES string of the molecule is CC/C=C\C/C=C\C/C=C\C/C=C\C/C=C\CCCC(=O)OC(CCCCCCCCCCCCCCC)CC(=O)NC(CO)C(O)CCCCCCCCCCCC. The molecule has 0 fully saturated rings. The van der Waals surface area contributed by atoms with E-state index in [1.165, 1.54) is 109 Å². The van der Waals surface area contributed by atoms with Crippen molar-refractivity contribution in [3.63, 3.8) is 0 Å². The predicted octanol–water partition coefficient (Wildman–Crippen LogP) is 14.8. The monoisotopic (exact) mass is 826 g/mol. The summed E-state index contributed by atoms with van der Waals surface area (Å²) in [7, 11) is 0. The maximum atomic E-state index is 13.2. The Balaban J connectivity index is 4.66. The first kappa shape index (κ1) is 56.6. The molecule has 0 aromatic carbocycles. The van der Waals surface area contributed by atoms with E-state index in [2.05, 4.69) is 86.8 Å². The summed E-state index contributed by atoms with van der Waals surface area (Å²) in [5.74, 6) is -0.540. The molecule has 3 unspecified atom stereocenters. The highest BCUT2D eigenvalue weighted by Crippen LogP contribution is 2.18. The van der Waals surface area contributed by atoms with Crippen LogP contribution in [0.25, 0.3) is 0 Å². The minimum atomic E-state index is -0.795. The van der Waals surface area contributed by atoms with Gasteiger partial charge < -0.3 is 20.3 Å². The van der Waals surface area contributed by atoms with Crippen LogP contribution >= 0.6 is 0 Å². The molecule has 0 aromatic heterocycles. The molecule has 6 nitrogen and oxygen atoms in total. The van der Waals surface area contributed by atoms with E-state index in [0.29, 0.717) is 25.7 Å². The second-order valence-electron chi connectivity index (χ2n) is 16.8. The highest BCUT2D eigenvalue weighted by Gasteiger charge is 2.24. The molecule has 0 heterocycles. The third-order valence-corrected chi connectivity index (χ3v) is 11.1. The van der Waals surface area contributed by atoms with Crippen LogP contribution in [0.1, 0.15) is 239 Å². The zero-order chi connectivity index (χ0) is 43.1. The fourth-order valence-corrected chi connectivity index (χ4v) is 7.35. The molecule has 0 spiro atoms. The van der Waals surface area contributed by atoms with Gasteiger partial charge in [0.15, 0.2) is 0 Å². The molecule has 3 atom stereocenters. The molecule has 342 valence electrons. The van der Waals surface area contributed by atoms with Gasteiger partial charge in [0.05, 0.1) is 25.2 Å². The fraction of sp³-hybridized carbons (Fsp3) is 0.774. The van der Waals surface area contributed by atoms with E-state index in [4.69, 9.17) is 4.74 Å². The molecule has 0 bridgehead atoms. The number of carbonyl (C=O) groups is 2. The first-order valence-corrected chi connectivity index (χ1v) is 25.0. The highest BCUT2D eigenvalue weighted by atomic mass is 16.5. The van der Waals surface area contributed by atoms with Crippen molar-refractivity contribution < 1.29 is 24.5 Å². The number of aliphatic hydroxyl groups excluding tert-OH is 2. The van der Waals surface area contributed by atoms with E-state index in [9.17, 15) is 19.8 Å². The fourth-order valence-electron chi connectivity index (χ4n) is 7.35. The summed E-state index contributed by atoms with van der Waals surface area (Å²) in [5, 5.41) is 23.7. The van der Waals surface area contributed by atoms with E-state index < -0.39 is 18.2 Å². The van der Waals surface area contributed by atoms with Crippen LogP contribution in [0.2, 0.25) is 0 Å². The highest BCUT2D eigenvalue weighted by molar-refractivity contribution is 5.77. The van der Waals surface area contributed by atoms with Crippen molar-refractivity contribution >= 4 is 11.9 Å². The molecule has 0 saturated heterocycles. The van der Waals surface area contributed by atoms with Gasteiger partial charge in [-0.15, -0.1) is 0 Å². The lowest BCUT2D eigenvalue weighted by molar-refractivity contribution is -0.151. The van der Waals surface area contributed by atoms with E-state index in [1.807, 2.05) is 0 Å². The molecule has 0 aliphatic carbocycles. The van der Waals surface area contributed by atoms with Crippen molar-refractivity contribution in [1.29, 1.82) is 0 Å². The molecule has 0 aliphatic rings. The van der Waals surface area contributed by atoms with Gasteiger partial charge in [-0.05, 0) is 64.2 Å². The topological polar surface area (TPSA) is 95.9 Å². The molecule has 0 aliphatic heterocycles. The van der Waals surface area contributed by atoms with Crippen LogP contribution < -0.4 is 5.32 Å². The zero-order valence-corrected chi connectivity index (χ0v) is 38.9. The van der Waals surface area contributed by atoms with Gasteiger partial charge in [0.2, 0.25) is 5.91 Å². The lowest BCUT2D eigenvalue weighted by atomic mass is 10.0. The number of amides is 1. The number of allylic oxidation sites excluding steroid dienone is 10. The molecular weight excluding hydrogens is 731 g/mol. The number of unbranched alkanes of at least 4 members (excludes halogenated alkanes) is 22. The quantitative estimate of drug-likeness (QED) is 0.0323. The van der Waals surface area contributed by atoms with Gasteiger partial charge in [-0.25, -0.2) is 0 Å². The maximum absolute atomic E-state index is 13.2. The minimum absolute atomic E-state index is 0.0558. The summed E-state index contributed by atoms with van der Waals surface area (Å²) in [6.07, 6.45) is 57.1. The Bertz CT molecular complexity index is 1060. The second kappa shape index (κ2) is 46.6. The minimum Gasteiger partial charge on any atom is -0.462 e. The smallest absolute Gasteiger partial charge is 0.306 e. The number of hydrogen-bond donors (Lipinski definition) is 3. The van der Waals surface area contributed by atoms with Crippen LogP contribution in [-0.4, -0.2) is 46.9 Å². The normalized spacial score (nSPS) is 13.8. The van der Waals surface area contributed by atoms with Crippen molar-refractivity contribution in [2.24, 2.45) is 0 Å². The number of aliphatic hydroxyl groups is 2. The Kier molecular flexibility index (Phi) is 44.7. The van der Waals surface area contributed by atoms with Gasteiger partial charge in [0.25, 0.3) is 0 Å². The van der Waals surface area contributed by atoms with Crippen LogP contribution in [0.4, 0.5) is 0 Å². The van der Waals surface area contributed by atoms with E-state index >= 15 is 0 Å². The molecule has 0 aromatic rings. The summed E-state index contributed by atoms with van der Waals surface area (Å²) in [5.41, 5.74) is 0. The van der Waals surface area contributed by atoms with Gasteiger partial charge in [-0.3, -0.25) is 9.59 Å². The Labute approximate surface area is 365 Å². The average Bonchev–Trinajstić information content (AvgIpc) is 3.23. The largest absolute Gasteiger partial charge is 0.462 e. The molecule has 59 heavy (non-hydrogen) atoms. The molecule has 3 N–H and O–H groups in total. The number of esters is 1. The lowest BCUT2D eigenvalue weighted by Crippen LogP contribution is -2.46. The van der Waals surface area contributed by atoms with Gasteiger partial charge in [-0.2, -0.15) is 0 Å². The van der Waals surface area contributed by atoms with Gasteiger partial charge in [0, 0.05) is 6.42 Å². The van der Waals surface area contributed by atoms with Crippen molar-refractivity contribution in [3.8, 4) is 0 Å². The first-order valence-electron chi connectivity index (χ1n) is 25.0. The summed E-state index contributed by atoms with van der Waals surface area (Å²) in [4.78, 5) is 26.1. The number of ether oxygens (including phenoxy) is 1. The predicted molar refractivity (Wildman–Crippen MR) is 255 cm³/mol. The Morgan fingerprint density at radius 2 is 0.898 bits per heavy atom. The number of nitrogens with one attached hydrogen (secondary N) is 1.